The van der Waals surface area contributed by atoms with E-state index in [1.54, 1.807) is 7.11 Å². The largest absolute Gasteiger partial charge is 0.497 e. The maximum Gasteiger partial charge on any atom is 0.230 e. The molecule has 2 saturated carbocycles. The molecule has 0 aromatic heterocycles. The molecule has 154 valence electrons. The molecule has 0 radical (unpaired) electrons. The molecule has 29 heavy (non-hydrogen) atoms. The number of carbonyl (C=O) groups is 1. The van der Waals surface area contributed by atoms with Crippen LogP contribution in [0.3, 0.4) is 0 Å². The van der Waals surface area contributed by atoms with Crippen molar-refractivity contribution in [2.75, 3.05) is 13.7 Å². The molecule has 0 unspecified atom stereocenters. The summed E-state index contributed by atoms with van der Waals surface area (Å²) >= 11 is 6.09. The molecule has 0 heterocycles. The molecule has 1 amide bonds. The van der Waals surface area contributed by atoms with Crippen molar-refractivity contribution < 1.29 is 9.53 Å². The van der Waals surface area contributed by atoms with Crippen LogP contribution in [-0.4, -0.2) is 19.6 Å². The SMILES string of the molecule is COc1ccc(C2(CNC(=O)C3(c4ccc(Cl)cc4)CCCC3)CCCC2)cc1. The van der Waals surface area contributed by atoms with E-state index < -0.39 is 5.41 Å². The topological polar surface area (TPSA) is 38.3 Å². The first-order chi connectivity index (χ1) is 14.1. The summed E-state index contributed by atoms with van der Waals surface area (Å²) in [6.07, 6.45) is 8.68. The number of amides is 1. The Balaban J connectivity index is 1.55. The van der Waals surface area contributed by atoms with Gasteiger partial charge in [0.2, 0.25) is 5.91 Å². The lowest BCUT2D eigenvalue weighted by Crippen LogP contribution is -2.47. The van der Waals surface area contributed by atoms with Gasteiger partial charge in [0.05, 0.1) is 12.5 Å². The number of ether oxygens (including phenoxy) is 1. The van der Waals surface area contributed by atoms with Crippen LogP contribution in [0.15, 0.2) is 48.5 Å². The van der Waals surface area contributed by atoms with Crippen LogP contribution in [0, 0.1) is 0 Å². The average Bonchev–Trinajstić information content (AvgIpc) is 3.44. The van der Waals surface area contributed by atoms with Gasteiger partial charge in [0.25, 0.3) is 0 Å². The van der Waals surface area contributed by atoms with E-state index in [9.17, 15) is 4.79 Å². The second-order valence-electron chi connectivity index (χ2n) is 8.69. The fourth-order valence-corrected chi connectivity index (χ4v) is 5.50. The molecule has 0 bridgehead atoms. The van der Waals surface area contributed by atoms with Crippen molar-refractivity contribution in [2.45, 2.75) is 62.2 Å². The number of halogens is 1. The van der Waals surface area contributed by atoms with Gasteiger partial charge in [-0.25, -0.2) is 0 Å². The zero-order chi connectivity index (χ0) is 20.3. The zero-order valence-electron chi connectivity index (χ0n) is 17.2. The molecule has 2 aliphatic carbocycles. The smallest absolute Gasteiger partial charge is 0.230 e. The van der Waals surface area contributed by atoms with E-state index in [0.717, 1.165) is 49.8 Å². The van der Waals surface area contributed by atoms with E-state index >= 15 is 0 Å². The van der Waals surface area contributed by atoms with Crippen molar-refractivity contribution in [3.63, 3.8) is 0 Å². The summed E-state index contributed by atoms with van der Waals surface area (Å²) in [7, 11) is 1.69. The van der Waals surface area contributed by atoms with Gasteiger partial charge < -0.3 is 10.1 Å². The third kappa shape index (κ3) is 3.90. The van der Waals surface area contributed by atoms with Crippen LogP contribution in [-0.2, 0) is 15.6 Å². The maximum atomic E-state index is 13.5. The lowest BCUT2D eigenvalue weighted by molar-refractivity contribution is -0.127. The molecule has 0 aliphatic heterocycles. The van der Waals surface area contributed by atoms with Gasteiger partial charge in [-0.1, -0.05) is 61.5 Å². The van der Waals surface area contributed by atoms with E-state index in [0.29, 0.717) is 11.6 Å². The second kappa shape index (κ2) is 8.39. The third-order valence-corrected chi connectivity index (χ3v) is 7.39. The quantitative estimate of drug-likeness (QED) is 0.653. The van der Waals surface area contributed by atoms with Gasteiger partial charge in [-0.15, -0.1) is 0 Å². The molecule has 3 nitrogen and oxygen atoms in total. The first kappa shape index (κ1) is 20.3. The number of methoxy groups -OCH3 is 1. The van der Waals surface area contributed by atoms with E-state index in [1.807, 2.05) is 36.4 Å². The minimum absolute atomic E-state index is 0.0295. The summed E-state index contributed by atoms with van der Waals surface area (Å²) in [4.78, 5) is 13.5. The van der Waals surface area contributed by atoms with Crippen LogP contribution < -0.4 is 10.1 Å². The predicted octanol–water partition coefficient (Wildman–Crippen LogP) is 5.79. The molecule has 0 atom stereocenters. The standard InChI is InChI=1S/C25H30ClNO2/c1-29-22-12-8-19(9-13-22)24(14-2-3-15-24)18-27-23(28)25(16-4-5-17-25)20-6-10-21(26)11-7-20/h6-13H,2-5,14-18H2,1H3,(H,27,28). The Morgan fingerprint density at radius 1 is 0.897 bits per heavy atom. The molecule has 4 rings (SSSR count). The Kier molecular flexibility index (Phi) is 5.87. The van der Waals surface area contributed by atoms with Gasteiger partial charge in [-0.2, -0.15) is 0 Å². The summed E-state index contributed by atoms with van der Waals surface area (Å²) in [5, 5.41) is 4.10. The molecule has 1 N–H and O–H groups in total. The fraction of sp³-hybridized carbons (Fsp3) is 0.480. The van der Waals surface area contributed by atoms with Gasteiger partial charge >= 0.3 is 0 Å². The van der Waals surface area contributed by atoms with Crippen molar-refractivity contribution in [1.29, 1.82) is 0 Å². The van der Waals surface area contributed by atoms with Gasteiger partial charge in [0, 0.05) is 17.0 Å². The number of benzene rings is 2. The summed E-state index contributed by atoms with van der Waals surface area (Å²) in [6.45, 7) is 0.702. The van der Waals surface area contributed by atoms with Crippen LogP contribution in [0.5, 0.6) is 5.75 Å². The molecular weight excluding hydrogens is 382 g/mol. The lowest BCUT2D eigenvalue weighted by atomic mass is 9.76. The second-order valence-corrected chi connectivity index (χ2v) is 9.13. The number of carbonyl (C=O) groups excluding carboxylic acids is 1. The highest BCUT2D eigenvalue weighted by Crippen LogP contribution is 2.44. The van der Waals surface area contributed by atoms with Crippen LogP contribution in [0.2, 0.25) is 5.02 Å². The van der Waals surface area contributed by atoms with E-state index in [-0.39, 0.29) is 11.3 Å². The van der Waals surface area contributed by atoms with Gasteiger partial charge in [0.15, 0.2) is 0 Å². The minimum Gasteiger partial charge on any atom is -0.497 e. The Hall–Kier alpha value is -2.00. The maximum absolute atomic E-state index is 13.5. The predicted molar refractivity (Wildman–Crippen MR) is 118 cm³/mol. The van der Waals surface area contributed by atoms with Crippen molar-refractivity contribution in [2.24, 2.45) is 0 Å². The lowest BCUT2D eigenvalue weighted by Gasteiger charge is -2.34. The normalized spacial score (nSPS) is 19.8. The number of nitrogens with one attached hydrogen (secondary N) is 1. The fourth-order valence-electron chi connectivity index (χ4n) is 5.38. The van der Waals surface area contributed by atoms with Gasteiger partial charge in [0.1, 0.15) is 5.75 Å². The Bertz CT molecular complexity index is 832. The first-order valence-electron chi connectivity index (χ1n) is 10.8. The molecule has 0 spiro atoms. The summed E-state index contributed by atoms with van der Waals surface area (Å²) in [5.41, 5.74) is 2.02. The molecule has 2 aromatic carbocycles. The molecule has 2 aromatic rings. The highest BCUT2D eigenvalue weighted by Gasteiger charge is 2.44. The van der Waals surface area contributed by atoms with Gasteiger partial charge in [-0.05, 0) is 61.1 Å². The first-order valence-corrected chi connectivity index (χ1v) is 11.1. The molecule has 4 heteroatoms. The van der Waals surface area contributed by atoms with Crippen LogP contribution in [0.25, 0.3) is 0 Å². The summed E-state index contributed by atoms with van der Waals surface area (Å²) < 4.78 is 5.32. The molecule has 0 saturated heterocycles. The molecular formula is C25H30ClNO2. The van der Waals surface area contributed by atoms with Crippen molar-refractivity contribution >= 4 is 17.5 Å². The molecule has 2 fully saturated rings. The number of hydrogen-bond donors (Lipinski definition) is 1. The van der Waals surface area contributed by atoms with Crippen LogP contribution in [0.1, 0.15) is 62.5 Å². The summed E-state index contributed by atoms with van der Waals surface area (Å²) in [5.74, 6) is 1.05. The highest BCUT2D eigenvalue weighted by molar-refractivity contribution is 6.30. The monoisotopic (exact) mass is 411 g/mol. The van der Waals surface area contributed by atoms with Crippen LogP contribution >= 0.6 is 11.6 Å². The van der Waals surface area contributed by atoms with Crippen molar-refractivity contribution in [3.8, 4) is 5.75 Å². The minimum atomic E-state index is -0.412. The van der Waals surface area contributed by atoms with E-state index in [1.165, 1.54) is 18.4 Å². The average molecular weight is 412 g/mol. The number of hydrogen-bond acceptors (Lipinski definition) is 2. The van der Waals surface area contributed by atoms with Gasteiger partial charge in [-0.3, -0.25) is 4.79 Å². The third-order valence-electron chi connectivity index (χ3n) is 7.14. The Morgan fingerprint density at radius 2 is 1.45 bits per heavy atom. The van der Waals surface area contributed by atoms with Crippen molar-refractivity contribution in [1.82, 2.24) is 5.32 Å². The van der Waals surface area contributed by atoms with Crippen LogP contribution in [0.4, 0.5) is 0 Å². The van der Waals surface area contributed by atoms with E-state index in [4.69, 9.17) is 16.3 Å². The van der Waals surface area contributed by atoms with Crippen molar-refractivity contribution in [3.05, 3.63) is 64.7 Å². The Morgan fingerprint density at radius 3 is 2.03 bits per heavy atom. The zero-order valence-corrected chi connectivity index (χ0v) is 17.9. The van der Waals surface area contributed by atoms with E-state index in [2.05, 4.69) is 17.4 Å². The summed E-state index contributed by atoms with van der Waals surface area (Å²) in [6, 6.07) is 16.3. The highest BCUT2D eigenvalue weighted by atomic mass is 35.5. The number of rotatable bonds is 6. The molecule has 2 aliphatic rings. The Labute approximate surface area is 178 Å².